The fourth-order valence-corrected chi connectivity index (χ4v) is 11.8. The molecule has 60 heavy (non-hydrogen) atoms. The maximum atomic E-state index is 14.5. The minimum Gasteiger partial charge on any atom is -0.494 e. The fraction of sp³-hybridized carbons (Fsp3) is 0.578. The minimum atomic E-state index is -5.28. The summed E-state index contributed by atoms with van der Waals surface area (Å²) in [6.45, 7) is 9.13. The summed E-state index contributed by atoms with van der Waals surface area (Å²) in [5.74, 6) is -1.15. The Morgan fingerprint density at radius 1 is 1.03 bits per heavy atom. The van der Waals surface area contributed by atoms with Crippen LogP contribution in [0.4, 0.5) is 18.9 Å². The van der Waals surface area contributed by atoms with Gasteiger partial charge in [-0.2, -0.15) is 13.2 Å². The number of nitrogens with zero attached hydrogens (tertiary/aromatic N) is 2. The summed E-state index contributed by atoms with van der Waals surface area (Å²) in [5, 5.41) is 0.119. The van der Waals surface area contributed by atoms with Crippen molar-refractivity contribution in [1.29, 1.82) is 0 Å². The van der Waals surface area contributed by atoms with E-state index in [1.54, 1.807) is 13.8 Å². The van der Waals surface area contributed by atoms with Crippen LogP contribution in [0.1, 0.15) is 107 Å². The molecule has 0 radical (unpaired) electrons. The number of aromatic nitrogens is 1. The van der Waals surface area contributed by atoms with Gasteiger partial charge in [0.2, 0.25) is 0 Å². The number of fused-ring (bicyclic) bond motifs is 3. The van der Waals surface area contributed by atoms with Gasteiger partial charge in [-0.25, -0.2) is 4.79 Å². The van der Waals surface area contributed by atoms with Crippen molar-refractivity contribution in [1.82, 2.24) is 4.98 Å². The summed E-state index contributed by atoms with van der Waals surface area (Å²) in [6, 6.07) is 13.5. The van der Waals surface area contributed by atoms with Crippen molar-refractivity contribution in [3.63, 3.8) is 0 Å². The summed E-state index contributed by atoms with van der Waals surface area (Å²) >= 11 is 6.26. The molecule has 1 heterocycles. The maximum absolute atomic E-state index is 14.5. The number of rotatable bonds is 17. The molecular weight excluding hydrogens is 820 g/mol. The summed E-state index contributed by atoms with van der Waals surface area (Å²) in [5.41, 5.74) is 1.70. The predicted octanol–water partition coefficient (Wildman–Crippen LogP) is 10.8. The predicted molar refractivity (Wildman–Crippen MR) is 224 cm³/mol. The van der Waals surface area contributed by atoms with E-state index in [1.807, 2.05) is 30.5 Å². The Balaban J connectivity index is 1.30. The van der Waals surface area contributed by atoms with E-state index in [1.165, 1.54) is 29.8 Å². The first-order chi connectivity index (χ1) is 28.6. The number of halogens is 4. The van der Waals surface area contributed by atoms with Crippen molar-refractivity contribution in [3.05, 3.63) is 82.1 Å². The van der Waals surface area contributed by atoms with Gasteiger partial charge in [0.05, 0.1) is 39.7 Å². The molecule has 3 atom stereocenters. The van der Waals surface area contributed by atoms with Crippen molar-refractivity contribution in [2.45, 2.75) is 115 Å². The molecule has 15 heteroatoms. The molecule has 0 bridgehead atoms. The third-order valence-corrected chi connectivity index (χ3v) is 15.0. The third-order valence-electron chi connectivity index (χ3n) is 12.6. The molecular formula is C45H57ClF3N2O8P. The van der Waals surface area contributed by atoms with E-state index < -0.39 is 36.6 Å². The molecule has 1 spiro atoms. The summed E-state index contributed by atoms with van der Waals surface area (Å²) < 4.78 is 85.3. The smallest absolute Gasteiger partial charge is 0.471 e. The van der Waals surface area contributed by atoms with Crippen LogP contribution in [0.5, 0.6) is 11.5 Å². The van der Waals surface area contributed by atoms with E-state index in [2.05, 4.69) is 18.8 Å². The minimum absolute atomic E-state index is 0.0310. The largest absolute Gasteiger partial charge is 0.494 e. The standard InChI is InChI=1S/C45H57ClF3N2O8P/c1-6-58-60(54,59-7-2)24-10-23-56-36-16-15-32-26-33(25-30(3)29-57-39-17-22-50-38-14-8-11-31(4)40(38)39)43(37(32)28-36)18-20-44(21-19-43,42(53)55-5)51(41(52)45(47,48)49)35-13-9-12-34(46)27-35/h9,12-13,15-17,22,27-28,30-31,33H,6-8,10-11,14,18-21,23-26,29H2,1-5H3/t30-,31-,33+,43?,44?/m1/s1. The molecule has 0 unspecified atom stereocenters. The number of pyridine rings is 1. The molecule has 3 aromatic rings. The van der Waals surface area contributed by atoms with Crippen LogP contribution in [0.3, 0.4) is 0 Å². The Hall–Kier alpha value is -3.64. The Labute approximate surface area is 356 Å². The first kappa shape index (κ1) is 45.9. The van der Waals surface area contributed by atoms with Gasteiger partial charge in [0.15, 0.2) is 0 Å². The molecule has 6 rings (SSSR count). The number of amides is 1. The van der Waals surface area contributed by atoms with Gasteiger partial charge in [-0.3, -0.25) is 19.2 Å². The van der Waals surface area contributed by atoms with Crippen molar-refractivity contribution in [2.75, 3.05) is 44.6 Å². The maximum Gasteiger partial charge on any atom is 0.471 e. The van der Waals surface area contributed by atoms with E-state index >= 15 is 0 Å². The molecule has 3 aliphatic carbocycles. The highest BCUT2D eigenvalue weighted by atomic mass is 35.5. The van der Waals surface area contributed by atoms with Gasteiger partial charge >= 0.3 is 25.6 Å². The average Bonchev–Trinajstić information content (AvgIpc) is 3.50. The zero-order valence-electron chi connectivity index (χ0n) is 35.2. The molecule has 328 valence electrons. The number of hydrogen-bond acceptors (Lipinski definition) is 9. The lowest BCUT2D eigenvalue weighted by Crippen LogP contribution is -2.63. The lowest BCUT2D eigenvalue weighted by atomic mass is 9.59. The monoisotopic (exact) mass is 876 g/mol. The number of anilines is 1. The third kappa shape index (κ3) is 9.69. The van der Waals surface area contributed by atoms with Crippen LogP contribution >= 0.6 is 19.2 Å². The molecule has 3 aliphatic rings. The Morgan fingerprint density at radius 2 is 1.77 bits per heavy atom. The SMILES string of the molecule is CCOP(=O)(CCCOc1ccc2c(c1)C1(CCC(C(=O)OC)(N(C(=O)C(F)(F)F)c3cccc(Cl)c3)CC1)[C@@H](C[C@@H](C)COc1ccnc3c1[C@H](C)CCC3)C2)OCC. The second-order valence-corrected chi connectivity index (χ2v) is 19.1. The highest BCUT2D eigenvalue weighted by Crippen LogP contribution is 2.58. The van der Waals surface area contributed by atoms with Crippen molar-refractivity contribution >= 4 is 36.8 Å². The number of benzene rings is 2. The summed E-state index contributed by atoms with van der Waals surface area (Å²) in [6.07, 6.45) is 2.10. The Kier molecular flexibility index (Phi) is 14.7. The van der Waals surface area contributed by atoms with Crippen molar-refractivity contribution in [2.24, 2.45) is 11.8 Å². The van der Waals surface area contributed by atoms with Crippen LogP contribution in [0.15, 0.2) is 54.7 Å². The van der Waals surface area contributed by atoms with E-state index in [0.29, 0.717) is 48.9 Å². The lowest BCUT2D eigenvalue weighted by Gasteiger charge is -2.51. The van der Waals surface area contributed by atoms with Crippen LogP contribution in [0, 0.1) is 11.8 Å². The van der Waals surface area contributed by atoms with Gasteiger partial charge in [0.25, 0.3) is 0 Å². The van der Waals surface area contributed by atoms with Gasteiger partial charge < -0.3 is 23.3 Å². The number of alkyl halides is 3. The second-order valence-electron chi connectivity index (χ2n) is 16.5. The Morgan fingerprint density at radius 3 is 2.43 bits per heavy atom. The number of ether oxygens (including phenoxy) is 3. The lowest BCUT2D eigenvalue weighted by molar-refractivity contribution is -0.174. The van der Waals surface area contributed by atoms with Crippen LogP contribution in [0.25, 0.3) is 0 Å². The van der Waals surface area contributed by atoms with E-state index in [0.717, 1.165) is 55.4 Å². The number of methoxy groups -OCH3 is 1. The number of esters is 1. The molecule has 10 nitrogen and oxygen atoms in total. The van der Waals surface area contributed by atoms with Crippen molar-refractivity contribution in [3.8, 4) is 11.5 Å². The molecule has 2 aromatic carbocycles. The van der Waals surface area contributed by atoms with Crippen LogP contribution in [-0.4, -0.2) is 68.3 Å². The zero-order chi connectivity index (χ0) is 43.3. The van der Waals surface area contributed by atoms with Gasteiger partial charge in [-0.15, -0.1) is 0 Å². The van der Waals surface area contributed by atoms with Gasteiger partial charge in [0, 0.05) is 28.2 Å². The number of aryl methyl sites for hydroxylation is 1. The highest BCUT2D eigenvalue weighted by Gasteiger charge is 2.60. The molecule has 0 N–H and O–H groups in total. The molecule has 0 aliphatic heterocycles. The molecule has 1 saturated carbocycles. The zero-order valence-corrected chi connectivity index (χ0v) is 36.8. The quantitative estimate of drug-likeness (QED) is 0.0743. The van der Waals surface area contributed by atoms with Gasteiger partial charge in [-0.1, -0.05) is 37.6 Å². The number of carbonyl (C=O) groups excluding carboxylic acids is 2. The van der Waals surface area contributed by atoms with Gasteiger partial charge in [0.1, 0.15) is 17.0 Å². The summed E-state index contributed by atoms with van der Waals surface area (Å²) in [7, 11) is -2.12. The summed E-state index contributed by atoms with van der Waals surface area (Å²) in [4.78, 5) is 32.5. The molecule has 0 saturated heterocycles. The van der Waals surface area contributed by atoms with E-state index in [9.17, 15) is 27.3 Å². The molecule has 1 fully saturated rings. The normalized spacial score (nSPS) is 23.1. The first-order valence-corrected chi connectivity index (χ1v) is 23.2. The Bertz CT molecular complexity index is 2030. The van der Waals surface area contributed by atoms with Crippen molar-refractivity contribution < 1.29 is 50.6 Å². The number of hydrogen-bond donors (Lipinski definition) is 0. The first-order valence-electron chi connectivity index (χ1n) is 21.1. The fourth-order valence-electron chi connectivity index (χ4n) is 9.94. The van der Waals surface area contributed by atoms with Crippen LogP contribution in [-0.2, 0) is 46.2 Å². The molecule has 1 aromatic heterocycles. The van der Waals surface area contributed by atoms with E-state index in [4.69, 9.17) is 34.9 Å². The average molecular weight is 877 g/mol. The van der Waals surface area contributed by atoms with Crippen LogP contribution in [0.2, 0.25) is 5.02 Å². The highest BCUT2D eigenvalue weighted by molar-refractivity contribution is 7.53. The van der Waals surface area contributed by atoms with Gasteiger partial charge in [-0.05, 0) is 149 Å². The molecule has 1 amide bonds. The topological polar surface area (TPSA) is 113 Å². The van der Waals surface area contributed by atoms with Crippen LogP contribution < -0.4 is 14.4 Å². The number of carbonyl (C=O) groups is 2. The van der Waals surface area contributed by atoms with E-state index in [-0.39, 0.29) is 61.4 Å². The second kappa shape index (κ2) is 19.2.